The van der Waals surface area contributed by atoms with Gasteiger partial charge in [-0.3, -0.25) is 9.59 Å². The lowest BCUT2D eigenvalue weighted by Gasteiger charge is -2.27. The second-order valence-corrected chi connectivity index (χ2v) is 8.18. The van der Waals surface area contributed by atoms with Crippen molar-refractivity contribution in [1.29, 1.82) is 0 Å². The topological polar surface area (TPSA) is 84.2 Å². The minimum atomic E-state index is -0.421. The summed E-state index contributed by atoms with van der Waals surface area (Å²) < 4.78 is 28.6. The van der Waals surface area contributed by atoms with Gasteiger partial charge in [-0.25, -0.2) is 0 Å². The van der Waals surface area contributed by atoms with E-state index in [4.69, 9.17) is 23.4 Å². The van der Waals surface area contributed by atoms with E-state index in [9.17, 15) is 9.59 Å². The molecule has 0 N–H and O–H groups in total. The molecule has 0 saturated heterocycles. The number of carbonyl (C=O) groups is 1. The van der Waals surface area contributed by atoms with Gasteiger partial charge in [0, 0.05) is 11.5 Å². The minimum Gasteiger partial charge on any atom is -0.493 e. The van der Waals surface area contributed by atoms with Crippen molar-refractivity contribution in [2.75, 3.05) is 20.3 Å². The number of methoxy groups -OCH3 is 1. The first-order chi connectivity index (χ1) is 16.6. The van der Waals surface area contributed by atoms with Crippen LogP contribution in [0.5, 0.6) is 23.0 Å². The van der Waals surface area contributed by atoms with Crippen molar-refractivity contribution in [2.45, 2.75) is 12.3 Å². The van der Waals surface area contributed by atoms with Crippen LogP contribution in [0.25, 0.3) is 22.1 Å². The molecular formula is C27H20O7. The Bertz CT molecular complexity index is 1470. The van der Waals surface area contributed by atoms with Crippen LogP contribution < -0.4 is 24.4 Å². The van der Waals surface area contributed by atoms with E-state index in [0.717, 1.165) is 11.1 Å². The molecule has 7 nitrogen and oxygen atoms in total. The molecular weight excluding hydrogens is 436 g/mol. The molecule has 0 spiro atoms. The Morgan fingerprint density at radius 2 is 1.76 bits per heavy atom. The molecule has 4 aromatic rings. The zero-order valence-corrected chi connectivity index (χ0v) is 18.3. The number of hydrogen-bond acceptors (Lipinski definition) is 7. The molecule has 7 heteroatoms. The molecule has 1 atom stereocenters. The highest BCUT2D eigenvalue weighted by Crippen LogP contribution is 2.47. The van der Waals surface area contributed by atoms with Crippen molar-refractivity contribution in [2.24, 2.45) is 0 Å². The van der Waals surface area contributed by atoms with Crippen LogP contribution >= 0.6 is 0 Å². The van der Waals surface area contributed by atoms with Crippen molar-refractivity contribution in [3.05, 3.63) is 82.2 Å². The number of benzene rings is 3. The van der Waals surface area contributed by atoms with Gasteiger partial charge in [-0.05, 0) is 35.4 Å². The Kier molecular flexibility index (Phi) is 4.76. The summed E-state index contributed by atoms with van der Waals surface area (Å²) in [7, 11) is 1.56. The first kappa shape index (κ1) is 20.4. The molecule has 0 amide bonds. The number of esters is 1. The Labute approximate surface area is 194 Å². The molecule has 3 heterocycles. The monoisotopic (exact) mass is 456 g/mol. The predicted octanol–water partition coefficient (Wildman–Crippen LogP) is 4.68. The number of hydrogen-bond donors (Lipinski definition) is 0. The van der Waals surface area contributed by atoms with E-state index in [1.54, 1.807) is 19.2 Å². The average Bonchev–Trinajstić information content (AvgIpc) is 2.88. The second-order valence-electron chi connectivity index (χ2n) is 8.18. The fraction of sp³-hybridized carbons (Fsp3) is 0.185. The lowest BCUT2D eigenvalue weighted by Crippen LogP contribution is -2.22. The zero-order valence-electron chi connectivity index (χ0n) is 18.3. The van der Waals surface area contributed by atoms with Gasteiger partial charge in [0.15, 0.2) is 11.5 Å². The van der Waals surface area contributed by atoms with Crippen LogP contribution in [0.4, 0.5) is 0 Å². The predicted molar refractivity (Wildman–Crippen MR) is 124 cm³/mol. The van der Waals surface area contributed by atoms with Crippen LogP contribution in [-0.2, 0) is 4.79 Å². The van der Waals surface area contributed by atoms with Crippen LogP contribution in [0.15, 0.2) is 70.1 Å². The Morgan fingerprint density at radius 1 is 0.941 bits per heavy atom. The number of fused-ring (bicyclic) bond motifs is 4. The van der Waals surface area contributed by atoms with Gasteiger partial charge < -0.3 is 23.4 Å². The summed E-state index contributed by atoms with van der Waals surface area (Å²) in [5, 5.41) is 0.424. The van der Waals surface area contributed by atoms with Gasteiger partial charge >= 0.3 is 5.97 Å². The third-order valence-electron chi connectivity index (χ3n) is 6.22. The van der Waals surface area contributed by atoms with E-state index < -0.39 is 5.92 Å². The summed E-state index contributed by atoms with van der Waals surface area (Å²) >= 11 is 0. The van der Waals surface area contributed by atoms with E-state index in [2.05, 4.69) is 0 Å². The molecule has 170 valence electrons. The van der Waals surface area contributed by atoms with Crippen LogP contribution in [0.3, 0.4) is 0 Å². The summed E-state index contributed by atoms with van der Waals surface area (Å²) in [5.41, 5.74) is 2.92. The smallest absolute Gasteiger partial charge is 0.312 e. The van der Waals surface area contributed by atoms with Gasteiger partial charge in [0.1, 0.15) is 30.8 Å². The maximum atomic E-state index is 13.4. The molecule has 0 unspecified atom stereocenters. The highest BCUT2D eigenvalue weighted by Gasteiger charge is 2.34. The van der Waals surface area contributed by atoms with Gasteiger partial charge in [-0.2, -0.15) is 0 Å². The molecule has 0 bridgehead atoms. The van der Waals surface area contributed by atoms with Crippen LogP contribution in [0.1, 0.15) is 23.5 Å². The SMILES string of the molecule is COc1cc([C@@H]2CC(=O)Oc3ccc4c(=O)c(-c5ccccc5)coc4c32)cc2c1OCCO2. The van der Waals surface area contributed by atoms with E-state index in [1.807, 2.05) is 42.5 Å². The summed E-state index contributed by atoms with van der Waals surface area (Å²) in [6.07, 6.45) is 1.55. The van der Waals surface area contributed by atoms with Crippen molar-refractivity contribution in [3.8, 4) is 34.1 Å². The van der Waals surface area contributed by atoms with Crippen molar-refractivity contribution < 1.29 is 28.2 Å². The Hall–Kier alpha value is -4.26. The van der Waals surface area contributed by atoms with E-state index in [1.165, 1.54) is 6.26 Å². The van der Waals surface area contributed by atoms with Crippen LogP contribution in [0, 0.1) is 0 Å². The second kappa shape index (κ2) is 7.95. The van der Waals surface area contributed by atoms with Gasteiger partial charge in [0.05, 0.1) is 24.5 Å². The molecule has 0 fully saturated rings. The van der Waals surface area contributed by atoms with Crippen LogP contribution in [-0.4, -0.2) is 26.3 Å². The first-order valence-electron chi connectivity index (χ1n) is 11.0. The van der Waals surface area contributed by atoms with Crippen molar-refractivity contribution >= 4 is 16.9 Å². The van der Waals surface area contributed by atoms with Gasteiger partial charge in [-0.15, -0.1) is 0 Å². The van der Waals surface area contributed by atoms with Crippen molar-refractivity contribution in [3.63, 3.8) is 0 Å². The maximum Gasteiger partial charge on any atom is 0.312 e. The summed E-state index contributed by atoms with van der Waals surface area (Å²) in [4.78, 5) is 25.9. The van der Waals surface area contributed by atoms with E-state index >= 15 is 0 Å². The lowest BCUT2D eigenvalue weighted by atomic mass is 9.84. The number of ether oxygens (including phenoxy) is 4. The number of carbonyl (C=O) groups excluding carboxylic acids is 1. The standard InChI is InChI=1S/C27H20O7/c1-30-21-11-16(12-22-27(21)32-10-9-31-22)18-13-23(28)34-20-8-7-17-25(29)19(14-33-26(17)24(18)20)15-5-3-2-4-6-15/h2-8,11-12,14,18H,9-10,13H2,1H3/t18-/m0/s1. The molecule has 0 radical (unpaired) electrons. The molecule has 34 heavy (non-hydrogen) atoms. The van der Waals surface area contributed by atoms with Crippen LogP contribution in [0.2, 0.25) is 0 Å². The molecule has 6 rings (SSSR count). The first-order valence-corrected chi connectivity index (χ1v) is 11.0. The zero-order chi connectivity index (χ0) is 23.2. The quantitative estimate of drug-likeness (QED) is 0.327. The third kappa shape index (κ3) is 3.20. The molecule has 2 aliphatic rings. The lowest BCUT2D eigenvalue weighted by molar-refractivity contribution is -0.135. The summed E-state index contributed by atoms with van der Waals surface area (Å²) in [5.74, 6) is 1.19. The minimum absolute atomic E-state index is 0.0824. The maximum absolute atomic E-state index is 13.4. The summed E-state index contributed by atoms with van der Waals surface area (Å²) in [6, 6.07) is 16.3. The van der Waals surface area contributed by atoms with Gasteiger partial charge in [-0.1, -0.05) is 30.3 Å². The summed E-state index contributed by atoms with van der Waals surface area (Å²) in [6.45, 7) is 0.851. The van der Waals surface area contributed by atoms with Crippen molar-refractivity contribution in [1.82, 2.24) is 0 Å². The Balaban J connectivity index is 1.56. The molecule has 0 saturated carbocycles. The molecule has 2 aliphatic heterocycles. The highest BCUT2D eigenvalue weighted by molar-refractivity contribution is 5.90. The largest absolute Gasteiger partial charge is 0.493 e. The highest BCUT2D eigenvalue weighted by atomic mass is 16.6. The Morgan fingerprint density at radius 3 is 2.59 bits per heavy atom. The molecule has 1 aromatic heterocycles. The number of rotatable bonds is 3. The van der Waals surface area contributed by atoms with Gasteiger partial charge in [0.25, 0.3) is 0 Å². The normalized spacial score (nSPS) is 16.6. The average molecular weight is 456 g/mol. The fourth-order valence-electron chi connectivity index (χ4n) is 4.65. The van der Waals surface area contributed by atoms with E-state index in [-0.39, 0.29) is 17.8 Å². The molecule has 3 aromatic carbocycles. The van der Waals surface area contributed by atoms with Gasteiger partial charge in [0.2, 0.25) is 11.2 Å². The van der Waals surface area contributed by atoms with E-state index in [0.29, 0.717) is 58.3 Å². The fourth-order valence-corrected chi connectivity index (χ4v) is 4.65. The third-order valence-corrected chi connectivity index (χ3v) is 6.22. The molecule has 0 aliphatic carbocycles.